The lowest BCUT2D eigenvalue weighted by Crippen LogP contribution is -2.45. The second kappa shape index (κ2) is 6.64. The minimum absolute atomic E-state index is 0.00228. The normalized spacial score (nSPS) is 24.1. The maximum Gasteiger partial charge on any atom is 0.289 e. The Morgan fingerprint density at radius 1 is 1.12 bits per heavy atom. The predicted molar refractivity (Wildman–Crippen MR) is 92.6 cm³/mol. The topological polar surface area (TPSA) is 36.7 Å². The fourth-order valence-electron chi connectivity index (χ4n) is 4.29. The summed E-state index contributed by atoms with van der Waals surface area (Å²) in [5.41, 5.74) is 1.32. The summed E-state index contributed by atoms with van der Waals surface area (Å²) < 4.78 is 18.3. The maximum atomic E-state index is 13.1. The number of amides is 1. The van der Waals surface area contributed by atoms with Gasteiger partial charge in [0.05, 0.1) is 6.26 Å². The lowest BCUT2D eigenvalue weighted by molar-refractivity contribution is 0.0651. The zero-order valence-corrected chi connectivity index (χ0v) is 14.3. The number of benzene rings is 1. The van der Waals surface area contributed by atoms with Gasteiger partial charge >= 0.3 is 0 Å². The number of furan rings is 1. The average molecular weight is 342 g/mol. The number of likely N-dealkylation sites (tertiary alicyclic amines) is 2. The van der Waals surface area contributed by atoms with E-state index in [1.807, 2.05) is 17.0 Å². The quantitative estimate of drug-likeness (QED) is 0.856. The second-order valence-electron chi connectivity index (χ2n) is 7.39. The van der Waals surface area contributed by atoms with E-state index in [4.69, 9.17) is 4.42 Å². The molecular formula is C20H23FN2O2. The molecule has 2 aromatic rings. The van der Waals surface area contributed by atoms with Gasteiger partial charge in [-0.25, -0.2) is 4.39 Å². The number of rotatable bonds is 3. The molecule has 1 spiro atoms. The van der Waals surface area contributed by atoms with Crippen molar-refractivity contribution in [3.05, 3.63) is 59.8 Å². The van der Waals surface area contributed by atoms with Crippen LogP contribution in [0.4, 0.5) is 4.39 Å². The van der Waals surface area contributed by atoms with Gasteiger partial charge in [0.2, 0.25) is 0 Å². The highest BCUT2D eigenvalue weighted by atomic mass is 19.1. The van der Waals surface area contributed by atoms with E-state index in [1.165, 1.54) is 12.1 Å². The van der Waals surface area contributed by atoms with E-state index in [1.54, 1.807) is 18.4 Å². The molecule has 1 amide bonds. The third-order valence-electron chi connectivity index (χ3n) is 5.52. The zero-order chi connectivity index (χ0) is 17.3. The first-order valence-corrected chi connectivity index (χ1v) is 8.93. The molecule has 2 fully saturated rings. The van der Waals surface area contributed by atoms with E-state index < -0.39 is 0 Å². The van der Waals surface area contributed by atoms with Crippen LogP contribution in [0.25, 0.3) is 0 Å². The number of carbonyl (C=O) groups excluding carboxylic acids is 1. The fourth-order valence-corrected chi connectivity index (χ4v) is 4.29. The van der Waals surface area contributed by atoms with E-state index in [0.717, 1.165) is 57.5 Å². The molecule has 4 rings (SSSR count). The third-order valence-corrected chi connectivity index (χ3v) is 5.52. The van der Waals surface area contributed by atoms with Crippen LogP contribution < -0.4 is 0 Å². The molecule has 2 aliphatic rings. The van der Waals surface area contributed by atoms with Crippen LogP contribution in [0, 0.1) is 11.2 Å². The molecule has 0 unspecified atom stereocenters. The Balaban J connectivity index is 1.40. The Labute approximate surface area is 147 Å². The average Bonchev–Trinajstić information content (AvgIpc) is 3.27. The molecule has 5 heteroatoms. The second-order valence-corrected chi connectivity index (χ2v) is 7.39. The highest BCUT2D eigenvalue weighted by Gasteiger charge is 2.43. The van der Waals surface area contributed by atoms with Gasteiger partial charge in [-0.15, -0.1) is 0 Å². The summed E-state index contributed by atoms with van der Waals surface area (Å²) in [5.74, 6) is 0.232. The van der Waals surface area contributed by atoms with E-state index in [-0.39, 0.29) is 17.1 Å². The van der Waals surface area contributed by atoms with Crippen molar-refractivity contribution in [2.75, 3.05) is 26.2 Å². The van der Waals surface area contributed by atoms with Crippen LogP contribution >= 0.6 is 0 Å². The van der Waals surface area contributed by atoms with Crippen LogP contribution in [0.5, 0.6) is 0 Å². The Morgan fingerprint density at radius 3 is 2.72 bits per heavy atom. The zero-order valence-electron chi connectivity index (χ0n) is 14.3. The molecule has 2 aliphatic heterocycles. The van der Waals surface area contributed by atoms with Crippen molar-refractivity contribution in [3.8, 4) is 0 Å². The van der Waals surface area contributed by atoms with Gasteiger partial charge in [-0.3, -0.25) is 9.69 Å². The smallest absolute Gasteiger partial charge is 0.289 e. The Kier molecular flexibility index (Phi) is 4.34. The van der Waals surface area contributed by atoms with Gasteiger partial charge in [0.25, 0.3) is 5.91 Å². The predicted octanol–water partition coefficient (Wildman–Crippen LogP) is 3.55. The number of nitrogens with zero attached hydrogens (tertiary/aromatic N) is 2. The molecule has 0 aliphatic carbocycles. The van der Waals surface area contributed by atoms with Crippen molar-refractivity contribution in [3.63, 3.8) is 0 Å². The van der Waals surface area contributed by atoms with Gasteiger partial charge in [0.1, 0.15) is 5.82 Å². The third kappa shape index (κ3) is 3.47. The monoisotopic (exact) mass is 342 g/mol. The van der Waals surface area contributed by atoms with Gasteiger partial charge in [-0.05, 0) is 55.6 Å². The van der Waals surface area contributed by atoms with Crippen molar-refractivity contribution >= 4 is 5.91 Å². The van der Waals surface area contributed by atoms with Crippen molar-refractivity contribution < 1.29 is 13.6 Å². The molecule has 1 aromatic heterocycles. The summed E-state index contributed by atoms with van der Waals surface area (Å²) in [5, 5.41) is 0. The molecule has 1 aromatic carbocycles. The van der Waals surface area contributed by atoms with Gasteiger partial charge < -0.3 is 9.32 Å². The van der Waals surface area contributed by atoms with Gasteiger partial charge in [0, 0.05) is 31.6 Å². The number of hydrogen-bond acceptors (Lipinski definition) is 3. The maximum absolute atomic E-state index is 13.1. The van der Waals surface area contributed by atoms with Crippen molar-refractivity contribution in [1.29, 1.82) is 0 Å². The molecule has 2 saturated heterocycles. The summed E-state index contributed by atoms with van der Waals surface area (Å²) >= 11 is 0. The van der Waals surface area contributed by atoms with Crippen molar-refractivity contribution in [1.82, 2.24) is 9.80 Å². The Morgan fingerprint density at radius 2 is 1.96 bits per heavy atom. The van der Waals surface area contributed by atoms with Gasteiger partial charge in [-0.2, -0.15) is 0 Å². The van der Waals surface area contributed by atoms with E-state index in [9.17, 15) is 9.18 Å². The standard InChI is InChI=1S/C20H23FN2O2/c21-17-6-4-16(5-7-17)13-22-10-2-8-20(14-22)9-11-23(15-20)19(24)18-3-1-12-25-18/h1,3-7,12H,2,8-11,13-15H2/t20-/m0/s1. The molecule has 132 valence electrons. The first-order valence-electron chi connectivity index (χ1n) is 8.93. The largest absolute Gasteiger partial charge is 0.459 e. The van der Waals surface area contributed by atoms with Crippen LogP contribution in [0.3, 0.4) is 0 Å². The van der Waals surface area contributed by atoms with Crippen LogP contribution in [-0.2, 0) is 6.54 Å². The minimum atomic E-state index is -0.193. The molecule has 4 nitrogen and oxygen atoms in total. The van der Waals surface area contributed by atoms with Crippen LogP contribution in [0.1, 0.15) is 35.4 Å². The van der Waals surface area contributed by atoms with Crippen molar-refractivity contribution in [2.45, 2.75) is 25.8 Å². The molecule has 0 radical (unpaired) electrons. The first-order chi connectivity index (χ1) is 12.1. The van der Waals surface area contributed by atoms with Gasteiger partial charge in [-0.1, -0.05) is 12.1 Å². The SMILES string of the molecule is O=C(c1ccco1)N1CC[C@]2(CCCN(Cc3ccc(F)cc3)C2)C1. The molecule has 0 saturated carbocycles. The number of carbonyl (C=O) groups is 1. The van der Waals surface area contributed by atoms with Crippen LogP contribution in [0.15, 0.2) is 47.1 Å². The highest BCUT2D eigenvalue weighted by Crippen LogP contribution is 2.39. The lowest BCUT2D eigenvalue weighted by Gasteiger charge is -2.40. The van der Waals surface area contributed by atoms with E-state index >= 15 is 0 Å². The fraction of sp³-hybridized carbons (Fsp3) is 0.450. The van der Waals surface area contributed by atoms with E-state index in [0.29, 0.717) is 5.76 Å². The lowest BCUT2D eigenvalue weighted by atomic mass is 9.79. The van der Waals surface area contributed by atoms with E-state index in [2.05, 4.69) is 4.90 Å². The van der Waals surface area contributed by atoms with Crippen LogP contribution in [-0.4, -0.2) is 41.9 Å². The molecule has 3 heterocycles. The van der Waals surface area contributed by atoms with Gasteiger partial charge in [0.15, 0.2) is 5.76 Å². The summed E-state index contributed by atoms with van der Waals surface area (Å²) in [7, 11) is 0. The molecule has 0 bridgehead atoms. The molecule has 0 N–H and O–H groups in total. The molecular weight excluding hydrogens is 319 g/mol. The summed E-state index contributed by atoms with van der Waals surface area (Å²) in [6, 6.07) is 10.2. The number of halogens is 1. The highest BCUT2D eigenvalue weighted by molar-refractivity contribution is 5.91. The Bertz CT molecular complexity index is 729. The molecule has 25 heavy (non-hydrogen) atoms. The number of piperidine rings is 1. The number of hydrogen-bond donors (Lipinski definition) is 0. The first kappa shape index (κ1) is 16.3. The Hall–Kier alpha value is -2.14. The van der Waals surface area contributed by atoms with Crippen molar-refractivity contribution in [2.24, 2.45) is 5.41 Å². The summed E-state index contributed by atoms with van der Waals surface area (Å²) in [6.45, 7) is 4.49. The van der Waals surface area contributed by atoms with Crippen LogP contribution in [0.2, 0.25) is 0 Å². The summed E-state index contributed by atoms with van der Waals surface area (Å²) in [6.07, 6.45) is 4.89. The minimum Gasteiger partial charge on any atom is -0.459 e. The molecule has 1 atom stereocenters. The summed E-state index contributed by atoms with van der Waals surface area (Å²) in [4.78, 5) is 16.9.